The number of aryl methyl sites for hydroxylation is 1. The minimum Gasteiger partial charge on any atom is -0.399 e. The number of ether oxygens (including phenoxy) is 1. The van der Waals surface area contributed by atoms with Crippen molar-refractivity contribution in [1.29, 1.82) is 0 Å². The lowest BCUT2D eigenvalue weighted by Crippen LogP contribution is -2.35. The van der Waals surface area contributed by atoms with Crippen molar-refractivity contribution in [2.45, 2.75) is 24.7 Å². The lowest BCUT2D eigenvalue weighted by Gasteiger charge is -2.26. The largest absolute Gasteiger partial charge is 0.399 e. The SMILES string of the molecule is CCc1ccc(N)cc1S(=O)(=O)N1CC=C(COC)CC1. The maximum absolute atomic E-state index is 12.8. The minimum atomic E-state index is -3.50. The number of nitrogen functional groups attached to an aromatic ring is 1. The van der Waals surface area contributed by atoms with E-state index in [9.17, 15) is 8.42 Å². The van der Waals surface area contributed by atoms with Crippen LogP contribution in [0.4, 0.5) is 5.69 Å². The highest BCUT2D eigenvalue weighted by molar-refractivity contribution is 7.89. The van der Waals surface area contributed by atoms with Crippen LogP contribution in [0.25, 0.3) is 0 Å². The highest BCUT2D eigenvalue weighted by Crippen LogP contribution is 2.25. The summed E-state index contributed by atoms with van der Waals surface area (Å²) >= 11 is 0. The Labute approximate surface area is 126 Å². The van der Waals surface area contributed by atoms with Crippen LogP contribution in [0.1, 0.15) is 18.9 Å². The Morgan fingerprint density at radius 3 is 2.71 bits per heavy atom. The zero-order valence-electron chi connectivity index (χ0n) is 12.5. The van der Waals surface area contributed by atoms with Crippen LogP contribution >= 0.6 is 0 Å². The molecule has 2 N–H and O–H groups in total. The van der Waals surface area contributed by atoms with Gasteiger partial charge in [0.15, 0.2) is 0 Å². The first-order valence-corrected chi connectivity index (χ1v) is 8.48. The van der Waals surface area contributed by atoms with Gasteiger partial charge in [-0.3, -0.25) is 0 Å². The molecule has 2 rings (SSSR count). The topological polar surface area (TPSA) is 72.6 Å². The van der Waals surface area contributed by atoms with Gasteiger partial charge in [0, 0.05) is 25.9 Å². The van der Waals surface area contributed by atoms with Crippen LogP contribution in [0, 0.1) is 0 Å². The number of rotatable bonds is 5. The number of nitrogens with two attached hydrogens (primary N) is 1. The summed E-state index contributed by atoms with van der Waals surface area (Å²) in [4.78, 5) is 0.327. The van der Waals surface area contributed by atoms with Gasteiger partial charge >= 0.3 is 0 Å². The van der Waals surface area contributed by atoms with Gasteiger partial charge in [-0.15, -0.1) is 0 Å². The van der Waals surface area contributed by atoms with Gasteiger partial charge in [0.05, 0.1) is 11.5 Å². The highest BCUT2D eigenvalue weighted by atomic mass is 32.2. The summed E-state index contributed by atoms with van der Waals surface area (Å²) in [6, 6.07) is 5.09. The van der Waals surface area contributed by atoms with Crippen LogP contribution < -0.4 is 5.73 Å². The Morgan fingerprint density at radius 2 is 2.14 bits per heavy atom. The number of sulfonamides is 1. The van der Waals surface area contributed by atoms with E-state index in [-0.39, 0.29) is 0 Å². The van der Waals surface area contributed by atoms with E-state index in [1.54, 1.807) is 25.3 Å². The third-order valence-electron chi connectivity index (χ3n) is 3.69. The smallest absolute Gasteiger partial charge is 0.243 e. The lowest BCUT2D eigenvalue weighted by atomic mass is 10.1. The summed E-state index contributed by atoms with van der Waals surface area (Å²) in [6.45, 7) is 3.37. The summed E-state index contributed by atoms with van der Waals surface area (Å²) in [5, 5.41) is 0. The molecule has 1 aliphatic rings. The second-order valence-corrected chi connectivity index (χ2v) is 7.04. The van der Waals surface area contributed by atoms with E-state index in [4.69, 9.17) is 10.5 Å². The molecule has 1 aromatic rings. The first kappa shape index (κ1) is 16.0. The fourth-order valence-electron chi connectivity index (χ4n) is 2.47. The first-order valence-electron chi connectivity index (χ1n) is 7.04. The van der Waals surface area contributed by atoms with E-state index in [1.165, 1.54) is 4.31 Å². The van der Waals surface area contributed by atoms with Crippen molar-refractivity contribution < 1.29 is 13.2 Å². The van der Waals surface area contributed by atoms with Crippen molar-refractivity contribution >= 4 is 15.7 Å². The van der Waals surface area contributed by atoms with Crippen LogP contribution in [0.5, 0.6) is 0 Å². The normalized spacial score (nSPS) is 16.8. The molecule has 1 aromatic carbocycles. The quantitative estimate of drug-likeness (QED) is 0.665. The molecule has 0 aliphatic carbocycles. The van der Waals surface area contributed by atoms with Crippen LogP contribution in [-0.4, -0.2) is 39.5 Å². The maximum Gasteiger partial charge on any atom is 0.243 e. The van der Waals surface area contributed by atoms with Gasteiger partial charge in [-0.05, 0) is 36.1 Å². The molecule has 5 nitrogen and oxygen atoms in total. The van der Waals surface area contributed by atoms with Gasteiger partial charge in [-0.25, -0.2) is 8.42 Å². The Hall–Kier alpha value is -1.37. The van der Waals surface area contributed by atoms with E-state index in [0.717, 1.165) is 11.1 Å². The second kappa shape index (κ2) is 6.60. The van der Waals surface area contributed by atoms with Crippen molar-refractivity contribution in [3.63, 3.8) is 0 Å². The number of hydrogen-bond acceptors (Lipinski definition) is 4. The van der Waals surface area contributed by atoms with Gasteiger partial charge in [-0.2, -0.15) is 4.31 Å². The van der Waals surface area contributed by atoms with Gasteiger partial charge < -0.3 is 10.5 Å². The van der Waals surface area contributed by atoms with Crippen molar-refractivity contribution in [2.75, 3.05) is 32.5 Å². The predicted octanol–water partition coefficient (Wildman–Crippen LogP) is 1.80. The molecule has 0 bridgehead atoms. The maximum atomic E-state index is 12.8. The van der Waals surface area contributed by atoms with Gasteiger partial charge in [0.2, 0.25) is 10.0 Å². The Balaban J connectivity index is 2.29. The third-order valence-corrected chi connectivity index (χ3v) is 5.63. The average molecular weight is 310 g/mol. The Bertz CT molecular complexity index is 638. The molecule has 0 atom stereocenters. The molecule has 1 heterocycles. The Morgan fingerprint density at radius 1 is 1.38 bits per heavy atom. The standard InChI is InChI=1S/C15H22N2O3S/c1-3-13-4-5-14(16)10-15(13)21(18,19)17-8-6-12(7-9-17)11-20-2/h4-6,10H,3,7-9,11,16H2,1-2H3. The molecule has 1 aliphatic heterocycles. The van der Waals surface area contributed by atoms with E-state index >= 15 is 0 Å². The van der Waals surface area contributed by atoms with Gasteiger partial charge in [0.1, 0.15) is 0 Å². The molecule has 0 aromatic heterocycles. The summed E-state index contributed by atoms with van der Waals surface area (Å²) in [7, 11) is -1.85. The summed E-state index contributed by atoms with van der Waals surface area (Å²) in [5.41, 5.74) is 8.18. The number of anilines is 1. The molecule has 0 amide bonds. The monoisotopic (exact) mass is 310 g/mol. The molecule has 6 heteroatoms. The molecule has 116 valence electrons. The summed E-state index contributed by atoms with van der Waals surface area (Å²) in [5.74, 6) is 0. The zero-order valence-corrected chi connectivity index (χ0v) is 13.3. The molecular formula is C15H22N2O3S. The van der Waals surface area contributed by atoms with E-state index in [1.807, 2.05) is 13.0 Å². The zero-order chi connectivity index (χ0) is 15.5. The fourth-order valence-corrected chi connectivity index (χ4v) is 4.18. The molecule has 21 heavy (non-hydrogen) atoms. The van der Waals surface area contributed by atoms with Crippen molar-refractivity contribution in [3.8, 4) is 0 Å². The van der Waals surface area contributed by atoms with Crippen LogP contribution in [0.3, 0.4) is 0 Å². The minimum absolute atomic E-state index is 0.327. The van der Waals surface area contributed by atoms with Crippen molar-refractivity contribution in [2.24, 2.45) is 0 Å². The number of methoxy groups -OCH3 is 1. The van der Waals surface area contributed by atoms with Gasteiger partial charge in [-0.1, -0.05) is 19.1 Å². The van der Waals surface area contributed by atoms with E-state index in [2.05, 4.69) is 0 Å². The fraction of sp³-hybridized carbons (Fsp3) is 0.467. The second-order valence-electron chi connectivity index (χ2n) is 5.13. The predicted molar refractivity (Wildman–Crippen MR) is 83.6 cm³/mol. The average Bonchev–Trinajstić information content (AvgIpc) is 2.48. The number of nitrogens with zero attached hydrogens (tertiary/aromatic N) is 1. The van der Waals surface area contributed by atoms with Crippen LogP contribution in [0.2, 0.25) is 0 Å². The molecule has 0 radical (unpaired) electrons. The highest BCUT2D eigenvalue weighted by Gasteiger charge is 2.28. The van der Waals surface area contributed by atoms with Crippen LogP contribution in [0.15, 0.2) is 34.7 Å². The van der Waals surface area contributed by atoms with Crippen molar-refractivity contribution in [3.05, 3.63) is 35.4 Å². The first-order chi connectivity index (χ1) is 9.98. The van der Waals surface area contributed by atoms with E-state index in [0.29, 0.717) is 43.1 Å². The molecule has 0 spiro atoms. The molecule has 0 saturated heterocycles. The molecular weight excluding hydrogens is 288 g/mol. The number of hydrogen-bond donors (Lipinski definition) is 1. The Kier molecular flexibility index (Phi) is 5.03. The molecule has 0 unspecified atom stereocenters. The van der Waals surface area contributed by atoms with Gasteiger partial charge in [0.25, 0.3) is 0 Å². The van der Waals surface area contributed by atoms with Crippen LogP contribution in [-0.2, 0) is 21.2 Å². The van der Waals surface area contributed by atoms with E-state index < -0.39 is 10.0 Å². The van der Waals surface area contributed by atoms with Crippen molar-refractivity contribution in [1.82, 2.24) is 4.31 Å². The number of benzene rings is 1. The lowest BCUT2D eigenvalue weighted by molar-refractivity contribution is 0.219. The third kappa shape index (κ3) is 3.45. The summed E-state index contributed by atoms with van der Waals surface area (Å²) in [6.07, 6.45) is 3.30. The molecule has 0 saturated carbocycles. The molecule has 0 fully saturated rings. The summed E-state index contributed by atoms with van der Waals surface area (Å²) < 4.78 is 32.2.